The summed E-state index contributed by atoms with van der Waals surface area (Å²) in [5, 5.41) is 5.31. The third-order valence-corrected chi connectivity index (χ3v) is 2.26. The second-order valence-corrected chi connectivity index (χ2v) is 3.21. The van der Waals surface area contributed by atoms with E-state index in [1.807, 2.05) is 20.8 Å². The molecule has 0 N–H and O–H groups in total. The van der Waals surface area contributed by atoms with E-state index in [9.17, 15) is 4.79 Å². The summed E-state index contributed by atoms with van der Waals surface area (Å²) in [6.45, 7) is 9.68. The van der Waals surface area contributed by atoms with Crippen molar-refractivity contribution in [3.8, 4) is 0 Å². The van der Waals surface area contributed by atoms with Crippen molar-refractivity contribution in [3.63, 3.8) is 0 Å². The number of rotatable bonds is 1. The summed E-state index contributed by atoms with van der Waals surface area (Å²) >= 11 is 0. The molecule has 1 heterocycles. The Labute approximate surface area is 66.4 Å². The van der Waals surface area contributed by atoms with Crippen LogP contribution in [0.1, 0.15) is 20.8 Å². The van der Waals surface area contributed by atoms with E-state index in [-0.39, 0.29) is 5.41 Å². The van der Waals surface area contributed by atoms with Crippen LogP contribution in [0.4, 0.5) is 0 Å². The normalized spacial score (nSPS) is 21.9. The Hall–Kier alpha value is -1.12. The molecule has 1 aliphatic rings. The van der Waals surface area contributed by atoms with Crippen molar-refractivity contribution in [3.05, 3.63) is 12.3 Å². The molecule has 0 fully saturated rings. The molecule has 60 valence electrons. The van der Waals surface area contributed by atoms with Crippen LogP contribution in [0.2, 0.25) is 0 Å². The monoisotopic (exact) mass is 152 g/mol. The predicted molar refractivity (Wildman–Crippen MR) is 43.9 cm³/mol. The van der Waals surface area contributed by atoms with Gasteiger partial charge in [-0.1, -0.05) is 6.58 Å². The standard InChI is InChI=1S/C8H12N2O/c1-6-8(3,4)7(2)10(5-11)9-6/h5H,2H2,1,3-4H3. The first kappa shape index (κ1) is 7.98. The lowest BCUT2D eigenvalue weighted by Crippen LogP contribution is -2.22. The molecular weight excluding hydrogens is 140 g/mol. The Bertz CT molecular complexity index is 240. The van der Waals surface area contributed by atoms with Crippen LogP contribution in [0, 0.1) is 5.41 Å². The van der Waals surface area contributed by atoms with Crippen LogP contribution in [0.15, 0.2) is 17.4 Å². The second kappa shape index (κ2) is 2.19. The molecule has 0 aromatic heterocycles. The van der Waals surface area contributed by atoms with Crippen molar-refractivity contribution in [2.75, 3.05) is 0 Å². The van der Waals surface area contributed by atoms with Gasteiger partial charge < -0.3 is 0 Å². The summed E-state index contributed by atoms with van der Waals surface area (Å²) in [6, 6.07) is 0. The molecule has 0 radical (unpaired) electrons. The minimum atomic E-state index is -0.166. The average Bonchev–Trinajstić information content (AvgIpc) is 2.14. The maximum absolute atomic E-state index is 10.4. The molecule has 1 rings (SSSR count). The molecule has 1 aliphatic heterocycles. The molecule has 3 nitrogen and oxygen atoms in total. The van der Waals surface area contributed by atoms with E-state index in [1.54, 1.807) is 0 Å². The number of hydrogen-bond acceptors (Lipinski definition) is 2. The number of hydrazone groups is 1. The van der Waals surface area contributed by atoms with E-state index in [2.05, 4.69) is 11.7 Å². The number of nitrogens with zero attached hydrogens (tertiary/aromatic N) is 2. The van der Waals surface area contributed by atoms with Crippen molar-refractivity contribution in [1.29, 1.82) is 0 Å². The van der Waals surface area contributed by atoms with Gasteiger partial charge in [0.2, 0.25) is 6.41 Å². The number of carbonyl (C=O) groups excluding carboxylic acids is 1. The fourth-order valence-corrected chi connectivity index (χ4v) is 0.929. The highest BCUT2D eigenvalue weighted by Crippen LogP contribution is 2.34. The fourth-order valence-electron chi connectivity index (χ4n) is 0.929. The Balaban J connectivity index is 3.02. The minimum Gasteiger partial charge on any atom is -0.276 e. The van der Waals surface area contributed by atoms with Gasteiger partial charge in [0, 0.05) is 16.8 Å². The second-order valence-electron chi connectivity index (χ2n) is 3.21. The molecule has 11 heavy (non-hydrogen) atoms. The van der Waals surface area contributed by atoms with Crippen LogP contribution in [0.3, 0.4) is 0 Å². The third kappa shape index (κ3) is 0.964. The average molecular weight is 152 g/mol. The molecule has 3 heteroatoms. The van der Waals surface area contributed by atoms with Gasteiger partial charge in [-0.3, -0.25) is 4.79 Å². The zero-order chi connectivity index (χ0) is 8.65. The number of allylic oxidation sites excluding steroid dienone is 1. The van der Waals surface area contributed by atoms with Gasteiger partial charge in [-0.05, 0) is 20.8 Å². The van der Waals surface area contributed by atoms with Crippen LogP contribution in [0.25, 0.3) is 0 Å². The van der Waals surface area contributed by atoms with Gasteiger partial charge in [0.25, 0.3) is 0 Å². The molecule has 1 amide bonds. The smallest absolute Gasteiger partial charge is 0.234 e. The number of carbonyl (C=O) groups is 1. The van der Waals surface area contributed by atoms with Gasteiger partial charge in [-0.15, -0.1) is 0 Å². The summed E-state index contributed by atoms with van der Waals surface area (Å²) in [6.07, 6.45) is 0.681. The molecule has 0 bridgehead atoms. The fraction of sp³-hybridized carbons (Fsp3) is 0.500. The predicted octanol–water partition coefficient (Wildman–Crippen LogP) is 1.37. The first-order valence-electron chi connectivity index (χ1n) is 3.49. The Morgan fingerprint density at radius 3 is 2.36 bits per heavy atom. The van der Waals surface area contributed by atoms with Crippen molar-refractivity contribution >= 4 is 12.1 Å². The Morgan fingerprint density at radius 2 is 2.18 bits per heavy atom. The van der Waals surface area contributed by atoms with Crippen molar-refractivity contribution < 1.29 is 4.79 Å². The lowest BCUT2D eigenvalue weighted by atomic mass is 9.86. The van der Waals surface area contributed by atoms with Crippen molar-refractivity contribution in [1.82, 2.24) is 5.01 Å². The molecular formula is C8H12N2O. The summed E-state index contributed by atoms with van der Waals surface area (Å²) < 4.78 is 0. The van der Waals surface area contributed by atoms with Gasteiger partial charge in [0.05, 0.1) is 0 Å². The summed E-state index contributed by atoms with van der Waals surface area (Å²) in [5.41, 5.74) is 1.50. The Kier molecular flexibility index (Phi) is 1.59. The zero-order valence-corrected chi connectivity index (χ0v) is 7.09. The van der Waals surface area contributed by atoms with E-state index < -0.39 is 0 Å². The number of hydrogen-bond donors (Lipinski definition) is 0. The van der Waals surface area contributed by atoms with Crippen LogP contribution < -0.4 is 0 Å². The highest BCUT2D eigenvalue weighted by molar-refractivity contribution is 5.93. The molecule has 0 saturated carbocycles. The largest absolute Gasteiger partial charge is 0.276 e. The van der Waals surface area contributed by atoms with E-state index in [0.717, 1.165) is 11.4 Å². The molecule has 0 aromatic rings. The summed E-state index contributed by atoms with van der Waals surface area (Å²) in [4.78, 5) is 10.4. The van der Waals surface area contributed by atoms with Crippen molar-refractivity contribution in [2.45, 2.75) is 20.8 Å². The lowest BCUT2D eigenvalue weighted by Gasteiger charge is -2.19. The van der Waals surface area contributed by atoms with Crippen LogP contribution in [0.5, 0.6) is 0 Å². The highest BCUT2D eigenvalue weighted by Gasteiger charge is 2.35. The molecule has 0 atom stereocenters. The van der Waals surface area contributed by atoms with E-state index in [0.29, 0.717) is 6.41 Å². The first-order chi connectivity index (χ1) is 5.00. The SMILES string of the molecule is C=C1N(C=O)N=C(C)C1(C)C. The van der Waals surface area contributed by atoms with Crippen molar-refractivity contribution in [2.24, 2.45) is 10.5 Å². The minimum absolute atomic E-state index is 0.166. The lowest BCUT2D eigenvalue weighted by molar-refractivity contribution is -0.116. The Morgan fingerprint density at radius 1 is 1.64 bits per heavy atom. The topological polar surface area (TPSA) is 32.7 Å². The third-order valence-electron chi connectivity index (χ3n) is 2.26. The number of amides is 1. The summed E-state index contributed by atoms with van der Waals surface area (Å²) in [5.74, 6) is 0. The molecule has 0 spiro atoms. The van der Waals surface area contributed by atoms with Crippen LogP contribution >= 0.6 is 0 Å². The molecule has 0 aliphatic carbocycles. The van der Waals surface area contributed by atoms with Gasteiger partial charge in [-0.25, -0.2) is 5.01 Å². The molecule has 0 unspecified atom stereocenters. The van der Waals surface area contributed by atoms with Gasteiger partial charge in [-0.2, -0.15) is 5.10 Å². The van der Waals surface area contributed by atoms with E-state index in [1.165, 1.54) is 5.01 Å². The maximum Gasteiger partial charge on any atom is 0.234 e. The van der Waals surface area contributed by atoms with Gasteiger partial charge in [0.15, 0.2) is 0 Å². The maximum atomic E-state index is 10.4. The van der Waals surface area contributed by atoms with Gasteiger partial charge >= 0.3 is 0 Å². The van der Waals surface area contributed by atoms with Crippen LogP contribution in [-0.2, 0) is 4.79 Å². The molecule has 0 aromatic carbocycles. The summed E-state index contributed by atoms with van der Waals surface area (Å²) in [7, 11) is 0. The quantitative estimate of drug-likeness (QED) is 0.522. The first-order valence-corrected chi connectivity index (χ1v) is 3.49. The van der Waals surface area contributed by atoms with E-state index in [4.69, 9.17) is 0 Å². The van der Waals surface area contributed by atoms with E-state index >= 15 is 0 Å². The molecule has 0 saturated heterocycles. The zero-order valence-electron chi connectivity index (χ0n) is 7.09. The van der Waals surface area contributed by atoms with Gasteiger partial charge in [0.1, 0.15) is 0 Å². The highest BCUT2D eigenvalue weighted by atomic mass is 16.1. The van der Waals surface area contributed by atoms with Crippen LogP contribution in [-0.4, -0.2) is 17.1 Å².